The summed E-state index contributed by atoms with van der Waals surface area (Å²) in [6, 6.07) is 3.44. The molecule has 0 atom stereocenters. The van der Waals surface area contributed by atoms with E-state index in [1.54, 1.807) is 7.05 Å². The third kappa shape index (κ3) is 3.27. The summed E-state index contributed by atoms with van der Waals surface area (Å²) in [6.07, 6.45) is 1.41. The first-order chi connectivity index (χ1) is 9.42. The van der Waals surface area contributed by atoms with Crippen LogP contribution in [0.4, 0.5) is 10.1 Å². The van der Waals surface area contributed by atoms with Gasteiger partial charge in [-0.3, -0.25) is 9.82 Å². The Balaban J connectivity index is 2.33. The molecule has 3 N–H and O–H groups in total. The molecule has 0 bridgehead atoms. The Morgan fingerprint density at radius 1 is 1.40 bits per heavy atom. The van der Waals surface area contributed by atoms with Crippen molar-refractivity contribution in [1.82, 2.24) is 15.5 Å². The first-order valence-electron chi connectivity index (χ1n) is 5.58. The smallest absolute Gasteiger partial charge is 0.279 e. The second kappa shape index (κ2) is 5.78. The van der Waals surface area contributed by atoms with Gasteiger partial charge in [-0.2, -0.15) is 13.5 Å². The average Bonchev–Trinajstić information content (AvgIpc) is 2.76. The van der Waals surface area contributed by atoms with Gasteiger partial charge in [-0.1, -0.05) is 11.6 Å². The van der Waals surface area contributed by atoms with Crippen molar-refractivity contribution in [3.05, 3.63) is 40.8 Å². The van der Waals surface area contributed by atoms with Crippen molar-refractivity contribution in [1.29, 1.82) is 0 Å². The maximum absolute atomic E-state index is 13.2. The summed E-state index contributed by atoms with van der Waals surface area (Å²) in [5.41, 5.74) is 0.516. The molecule has 2 rings (SSSR count). The van der Waals surface area contributed by atoms with E-state index in [2.05, 4.69) is 20.2 Å². The highest BCUT2D eigenvalue weighted by molar-refractivity contribution is 7.92. The minimum absolute atomic E-state index is 0.0417. The Labute approximate surface area is 120 Å². The van der Waals surface area contributed by atoms with Crippen molar-refractivity contribution >= 4 is 27.3 Å². The summed E-state index contributed by atoms with van der Waals surface area (Å²) >= 11 is 5.68. The van der Waals surface area contributed by atoms with E-state index in [-0.39, 0.29) is 15.7 Å². The van der Waals surface area contributed by atoms with Crippen molar-refractivity contribution in [2.24, 2.45) is 0 Å². The largest absolute Gasteiger partial charge is 0.316 e. The number of rotatable bonds is 5. The number of hydrogen-bond donors (Lipinski definition) is 3. The number of hydrogen-bond acceptors (Lipinski definition) is 4. The minimum atomic E-state index is -3.89. The second-order valence-electron chi connectivity index (χ2n) is 4.02. The van der Waals surface area contributed by atoms with Gasteiger partial charge in [0.15, 0.2) is 5.03 Å². The maximum atomic E-state index is 13.2. The number of H-pyrrole nitrogens is 1. The van der Waals surface area contributed by atoms with Gasteiger partial charge in [-0.25, -0.2) is 4.39 Å². The normalized spacial score (nSPS) is 11.6. The summed E-state index contributed by atoms with van der Waals surface area (Å²) in [7, 11) is -2.21. The Kier molecular flexibility index (Phi) is 4.26. The molecule has 0 aliphatic heterocycles. The monoisotopic (exact) mass is 318 g/mol. The third-order valence-corrected chi connectivity index (χ3v) is 4.04. The summed E-state index contributed by atoms with van der Waals surface area (Å²) in [4.78, 5) is 0. The Morgan fingerprint density at radius 2 is 2.15 bits per heavy atom. The fourth-order valence-corrected chi connectivity index (χ4v) is 3.06. The van der Waals surface area contributed by atoms with Crippen molar-refractivity contribution in [2.45, 2.75) is 11.6 Å². The molecular formula is C11H12ClFN4O2S. The van der Waals surface area contributed by atoms with Crippen LogP contribution in [0, 0.1) is 5.82 Å². The molecule has 2 aromatic rings. The van der Waals surface area contributed by atoms with Gasteiger partial charge in [0, 0.05) is 17.1 Å². The predicted octanol–water partition coefficient (Wildman–Crippen LogP) is 1.72. The molecule has 20 heavy (non-hydrogen) atoms. The SMILES string of the molecule is CNCc1cn[nH]c1S(=O)(=O)Nc1cc(F)cc(Cl)c1. The molecule has 0 amide bonds. The molecule has 9 heteroatoms. The van der Waals surface area contributed by atoms with Gasteiger partial charge in [-0.15, -0.1) is 0 Å². The second-order valence-corrected chi connectivity index (χ2v) is 6.07. The molecular weight excluding hydrogens is 307 g/mol. The molecule has 1 heterocycles. The van der Waals surface area contributed by atoms with Crippen LogP contribution in [-0.2, 0) is 16.6 Å². The van der Waals surface area contributed by atoms with E-state index in [9.17, 15) is 12.8 Å². The zero-order chi connectivity index (χ0) is 14.8. The first kappa shape index (κ1) is 14.8. The molecule has 0 radical (unpaired) electrons. The first-order valence-corrected chi connectivity index (χ1v) is 7.44. The quantitative estimate of drug-likeness (QED) is 0.783. The zero-order valence-corrected chi connectivity index (χ0v) is 12.0. The third-order valence-electron chi connectivity index (χ3n) is 2.43. The summed E-state index contributed by atoms with van der Waals surface area (Å²) in [5.74, 6) is -0.629. The Hall–Kier alpha value is -1.64. The van der Waals surface area contributed by atoms with Crippen molar-refractivity contribution < 1.29 is 12.8 Å². The lowest BCUT2D eigenvalue weighted by molar-refractivity contribution is 0.595. The van der Waals surface area contributed by atoms with Crippen LogP contribution in [-0.4, -0.2) is 25.7 Å². The van der Waals surface area contributed by atoms with Gasteiger partial charge in [0.05, 0.1) is 11.9 Å². The van der Waals surface area contributed by atoms with Crippen LogP contribution in [0.5, 0.6) is 0 Å². The molecule has 0 aliphatic rings. The van der Waals surface area contributed by atoms with E-state index in [0.29, 0.717) is 12.1 Å². The van der Waals surface area contributed by atoms with Crippen LogP contribution in [0.2, 0.25) is 5.02 Å². The van der Waals surface area contributed by atoms with Crippen LogP contribution in [0.1, 0.15) is 5.56 Å². The number of aromatic amines is 1. The molecule has 6 nitrogen and oxygen atoms in total. The van der Waals surface area contributed by atoms with Crippen LogP contribution < -0.4 is 10.0 Å². The Bertz CT molecular complexity index is 697. The van der Waals surface area contributed by atoms with Crippen LogP contribution >= 0.6 is 11.6 Å². The van der Waals surface area contributed by atoms with E-state index in [0.717, 1.165) is 12.1 Å². The lowest BCUT2D eigenvalue weighted by Gasteiger charge is -2.08. The van der Waals surface area contributed by atoms with Crippen molar-refractivity contribution in [3.63, 3.8) is 0 Å². The van der Waals surface area contributed by atoms with Crippen LogP contribution in [0.3, 0.4) is 0 Å². The Morgan fingerprint density at radius 3 is 2.80 bits per heavy atom. The van der Waals surface area contributed by atoms with Crippen molar-refractivity contribution in [2.75, 3.05) is 11.8 Å². The van der Waals surface area contributed by atoms with E-state index in [1.807, 2.05) is 0 Å². The number of nitrogens with zero attached hydrogens (tertiary/aromatic N) is 1. The number of benzene rings is 1. The minimum Gasteiger partial charge on any atom is -0.316 e. The fourth-order valence-electron chi connectivity index (χ4n) is 1.67. The highest BCUT2D eigenvalue weighted by Crippen LogP contribution is 2.22. The van der Waals surface area contributed by atoms with E-state index in [4.69, 9.17) is 11.6 Å². The van der Waals surface area contributed by atoms with Gasteiger partial charge in [-0.05, 0) is 25.2 Å². The number of aromatic nitrogens is 2. The molecule has 0 spiro atoms. The van der Waals surface area contributed by atoms with Gasteiger partial charge in [0.1, 0.15) is 5.82 Å². The molecule has 0 fully saturated rings. The van der Waals surface area contributed by atoms with E-state index < -0.39 is 15.8 Å². The number of sulfonamides is 1. The zero-order valence-electron chi connectivity index (χ0n) is 10.4. The van der Waals surface area contributed by atoms with Gasteiger partial charge >= 0.3 is 0 Å². The van der Waals surface area contributed by atoms with E-state index >= 15 is 0 Å². The molecule has 108 valence electrons. The van der Waals surface area contributed by atoms with Crippen LogP contribution in [0.25, 0.3) is 0 Å². The highest BCUT2D eigenvalue weighted by atomic mass is 35.5. The number of nitrogens with one attached hydrogen (secondary N) is 3. The summed E-state index contributed by atoms with van der Waals surface area (Å²) < 4.78 is 39.9. The maximum Gasteiger partial charge on any atom is 0.279 e. The van der Waals surface area contributed by atoms with Gasteiger partial charge < -0.3 is 5.32 Å². The summed E-state index contributed by atoms with van der Waals surface area (Å²) in [6.45, 7) is 0.330. The van der Waals surface area contributed by atoms with Crippen LogP contribution in [0.15, 0.2) is 29.4 Å². The summed E-state index contributed by atoms with van der Waals surface area (Å²) in [5, 5.41) is 8.97. The molecule has 1 aromatic heterocycles. The predicted molar refractivity (Wildman–Crippen MR) is 73.6 cm³/mol. The number of halogens is 2. The molecule has 0 unspecified atom stereocenters. The average molecular weight is 319 g/mol. The molecule has 0 aliphatic carbocycles. The molecule has 0 saturated carbocycles. The topological polar surface area (TPSA) is 86.9 Å². The highest BCUT2D eigenvalue weighted by Gasteiger charge is 2.21. The fraction of sp³-hybridized carbons (Fsp3) is 0.182. The van der Waals surface area contributed by atoms with Gasteiger partial charge in [0.25, 0.3) is 10.0 Å². The number of anilines is 1. The standard InChI is InChI=1S/C11H12ClFN4O2S/c1-14-5-7-6-15-16-11(7)20(18,19)17-10-3-8(12)2-9(13)4-10/h2-4,6,14,17H,5H2,1H3,(H,15,16). The van der Waals surface area contributed by atoms with Crippen molar-refractivity contribution in [3.8, 4) is 0 Å². The van der Waals surface area contributed by atoms with Gasteiger partial charge in [0.2, 0.25) is 0 Å². The molecule has 1 aromatic carbocycles. The lowest BCUT2D eigenvalue weighted by atomic mass is 10.3. The van der Waals surface area contributed by atoms with E-state index in [1.165, 1.54) is 12.3 Å². The lowest BCUT2D eigenvalue weighted by Crippen LogP contribution is -2.17. The molecule has 0 saturated heterocycles.